The van der Waals surface area contributed by atoms with Gasteiger partial charge in [-0.1, -0.05) is 60.5 Å². The predicted octanol–water partition coefficient (Wildman–Crippen LogP) is 5.27. The van der Waals surface area contributed by atoms with E-state index in [4.69, 9.17) is 23.2 Å². The molecule has 11 heteroatoms. The van der Waals surface area contributed by atoms with Crippen molar-refractivity contribution in [3.63, 3.8) is 0 Å². The summed E-state index contributed by atoms with van der Waals surface area (Å²) in [7, 11) is -4.25. The average molecular weight is 581 g/mol. The van der Waals surface area contributed by atoms with E-state index in [1.54, 1.807) is 32.0 Å². The first kappa shape index (κ1) is 29.4. The quantitative estimate of drug-likeness (QED) is 0.335. The van der Waals surface area contributed by atoms with Crippen LogP contribution in [0.4, 0.5) is 10.1 Å². The van der Waals surface area contributed by atoms with Gasteiger partial charge in [0, 0.05) is 18.1 Å². The van der Waals surface area contributed by atoms with Crippen molar-refractivity contribution in [2.75, 3.05) is 17.4 Å². The molecule has 0 aliphatic rings. The van der Waals surface area contributed by atoms with Crippen LogP contribution in [0.25, 0.3) is 0 Å². The largest absolute Gasteiger partial charge is 0.355 e. The van der Waals surface area contributed by atoms with Gasteiger partial charge in [-0.05, 0) is 61.4 Å². The van der Waals surface area contributed by atoms with Gasteiger partial charge in [0.05, 0.1) is 15.6 Å². The maximum atomic E-state index is 13.9. The van der Waals surface area contributed by atoms with Crippen molar-refractivity contribution in [3.8, 4) is 0 Å². The van der Waals surface area contributed by atoms with Crippen molar-refractivity contribution in [3.05, 3.63) is 94.2 Å². The number of sulfonamides is 1. The van der Waals surface area contributed by atoms with Crippen LogP contribution in [0.2, 0.25) is 10.0 Å². The summed E-state index contributed by atoms with van der Waals surface area (Å²) in [5.41, 5.74) is 0.630. The molecule has 0 heterocycles. The molecule has 0 spiro atoms. The summed E-state index contributed by atoms with van der Waals surface area (Å²) >= 11 is 12.4. The molecule has 0 aliphatic carbocycles. The molecule has 3 aromatic rings. The van der Waals surface area contributed by atoms with Crippen LogP contribution in [0.3, 0.4) is 0 Å². The maximum Gasteiger partial charge on any atom is 0.264 e. The molecule has 38 heavy (non-hydrogen) atoms. The average Bonchev–Trinajstić information content (AvgIpc) is 2.89. The van der Waals surface area contributed by atoms with Crippen LogP contribution in [0, 0.1) is 5.82 Å². The minimum absolute atomic E-state index is 0.0330. The Morgan fingerprint density at radius 1 is 0.974 bits per heavy atom. The third kappa shape index (κ3) is 7.03. The Labute approximate surface area is 232 Å². The summed E-state index contributed by atoms with van der Waals surface area (Å²) in [6.07, 6.45) is 0.270. The number of amides is 2. The van der Waals surface area contributed by atoms with Gasteiger partial charge in [-0.2, -0.15) is 0 Å². The van der Waals surface area contributed by atoms with E-state index in [9.17, 15) is 22.4 Å². The lowest BCUT2D eigenvalue weighted by Crippen LogP contribution is -2.52. The lowest BCUT2D eigenvalue weighted by atomic mass is 10.1. The Kier molecular flexibility index (Phi) is 10.1. The molecular weight excluding hydrogens is 552 g/mol. The zero-order valence-electron chi connectivity index (χ0n) is 20.9. The molecule has 1 atom stereocenters. The number of hydrogen-bond acceptors (Lipinski definition) is 4. The fraction of sp³-hybridized carbons (Fsp3) is 0.259. The number of carbonyl (C=O) groups excluding carboxylic acids is 2. The highest BCUT2D eigenvalue weighted by atomic mass is 35.5. The predicted molar refractivity (Wildman–Crippen MR) is 147 cm³/mol. The van der Waals surface area contributed by atoms with Crippen molar-refractivity contribution in [2.24, 2.45) is 0 Å². The third-order valence-electron chi connectivity index (χ3n) is 5.79. The molecule has 0 radical (unpaired) electrons. The zero-order valence-corrected chi connectivity index (χ0v) is 23.2. The molecule has 3 aromatic carbocycles. The SMILES string of the molecule is CCNC(=O)[C@@H](CC)N(Cc1ccc(F)cc1)C(=O)CN(c1ccc(Cl)cc1Cl)S(=O)(=O)c1ccccc1. The van der Waals surface area contributed by atoms with Crippen LogP contribution >= 0.6 is 23.2 Å². The smallest absolute Gasteiger partial charge is 0.264 e. The second kappa shape index (κ2) is 13.1. The van der Waals surface area contributed by atoms with Crippen molar-refractivity contribution in [1.29, 1.82) is 0 Å². The number of hydrogen-bond donors (Lipinski definition) is 1. The minimum atomic E-state index is -4.25. The molecule has 0 bridgehead atoms. The molecule has 1 N–H and O–H groups in total. The summed E-state index contributed by atoms with van der Waals surface area (Å²) in [5.74, 6) is -1.47. The molecule has 0 saturated carbocycles. The first-order chi connectivity index (χ1) is 18.1. The van der Waals surface area contributed by atoms with Crippen LogP contribution in [-0.2, 0) is 26.2 Å². The van der Waals surface area contributed by atoms with Crippen molar-refractivity contribution in [1.82, 2.24) is 10.2 Å². The topological polar surface area (TPSA) is 86.8 Å². The van der Waals surface area contributed by atoms with E-state index in [0.29, 0.717) is 17.1 Å². The van der Waals surface area contributed by atoms with E-state index in [0.717, 1.165) is 4.31 Å². The first-order valence-corrected chi connectivity index (χ1v) is 14.1. The molecular formula is C27H28Cl2FN3O4S. The van der Waals surface area contributed by atoms with Crippen molar-refractivity contribution >= 4 is 50.7 Å². The van der Waals surface area contributed by atoms with E-state index in [1.165, 1.54) is 59.5 Å². The fourth-order valence-electron chi connectivity index (χ4n) is 3.91. The summed E-state index contributed by atoms with van der Waals surface area (Å²) in [5, 5.41) is 3.05. The third-order valence-corrected chi connectivity index (χ3v) is 8.10. The van der Waals surface area contributed by atoms with Gasteiger partial charge in [-0.15, -0.1) is 0 Å². The number of benzene rings is 3. The highest BCUT2D eigenvalue weighted by Gasteiger charge is 2.34. The Bertz CT molecular complexity index is 1370. The number of halogens is 3. The molecule has 0 fully saturated rings. The maximum absolute atomic E-state index is 13.9. The molecule has 0 aliphatic heterocycles. The molecule has 3 rings (SSSR count). The van der Waals surface area contributed by atoms with Gasteiger partial charge in [-0.3, -0.25) is 13.9 Å². The Morgan fingerprint density at radius 3 is 2.21 bits per heavy atom. The van der Waals surface area contributed by atoms with E-state index in [1.807, 2.05) is 0 Å². The van der Waals surface area contributed by atoms with Crippen LogP contribution in [-0.4, -0.2) is 44.3 Å². The Balaban J connectivity index is 2.08. The molecule has 202 valence electrons. The van der Waals surface area contributed by atoms with Gasteiger partial charge < -0.3 is 10.2 Å². The van der Waals surface area contributed by atoms with Crippen LogP contribution in [0.1, 0.15) is 25.8 Å². The van der Waals surface area contributed by atoms with Crippen LogP contribution in [0.15, 0.2) is 77.7 Å². The molecule has 7 nitrogen and oxygen atoms in total. The summed E-state index contributed by atoms with van der Waals surface area (Å²) in [6, 6.07) is 16.5. The van der Waals surface area contributed by atoms with E-state index >= 15 is 0 Å². The summed E-state index contributed by atoms with van der Waals surface area (Å²) in [6.45, 7) is 3.17. The van der Waals surface area contributed by atoms with Crippen LogP contribution < -0.4 is 9.62 Å². The standard InChI is InChI=1S/C27H28Cl2FN3O4S/c1-3-24(27(35)31-4-2)32(17-19-10-13-21(30)14-11-19)26(34)18-33(25-15-12-20(28)16-23(25)29)38(36,37)22-8-6-5-7-9-22/h5-16,24H,3-4,17-18H2,1-2H3,(H,31,35)/t24-/m1/s1. The van der Waals surface area contributed by atoms with Gasteiger partial charge in [-0.25, -0.2) is 12.8 Å². The lowest BCUT2D eigenvalue weighted by molar-refractivity contribution is -0.140. The minimum Gasteiger partial charge on any atom is -0.355 e. The Hall–Kier alpha value is -3.14. The van der Waals surface area contributed by atoms with Gasteiger partial charge in [0.1, 0.15) is 18.4 Å². The zero-order chi connectivity index (χ0) is 27.9. The van der Waals surface area contributed by atoms with E-state index in [-0.39, 0.29) is 34.5 Å². The normalized spacial score (nSPS) is 12.0. The number of nitrogens with one attached hydrogen (secondary N) is 1. The lowest BCUT2D eigenvalue weighted by Gasteiger charge is -2.33. The fourth-order valence-corrected chi connectivity index (χ4v) is 5.93. The number of likely N-dealkylation sites (N-methyl/N-ethyl adjacent to an activating group) is 1. The Morgan fingerprint density at radius 2 is 1.63 bits per heavy atom. The molecule has 0 saturated heterocycles. The van der Waals surface area contributed by atoms with Crippen molar-refractivity contribution in [2.45, 2.75) is 37.8 Å². The van der Waals surface area contributed by atoms with E-state index in [2.05, 4.69) is 5.32 Å². The van der Waals surface area contributed by atoms with E-state index < -0.39 is 34.3 Å². The molecule has 0 unspecified atom stereocenters. The van der Waals surface area contributed by atoms with Crippen LogP contribution in [0.5, 0.6) is 0 Å². The second-order valence-electron chi connectivity index (χ2n) is 8.39. The van der Waals surface area contributed by atoms with Gasteiger partial charge >= 0.3 is 0 Å². The van der Waals surface area contributed by atoms with Gasteiger partial charge in [0.15, 0.2) is 0 Å². The number of anilines is 1. The highest BCUT2D eigenvalue weighted by Crippen LogP contribution is 2.33. The van der Waals surface area contributed by atoms with Crippen molar-refractivity contribution < 1.29 is 22.4 Å². The second-order valence-corrected chi connectivity index (χ2v) is 11.1. The number of rotatable bonds is 11. The molecule has 0 aromatic heterocycles. The number of carbonyl (C=O) groups is 2. The monoisotopic (exact) mass is 579 g/mol. The van der Waals surface area contributed by atoms with Gasteiger partial charge in [0.25, 0.3) is 10.0 Å². The number of nitrogens with zero attached hydrogens (tertiary/aromatic N) is 2. The summed E-state index contributed by atoms with van der Waals surface area (Å²) < 4.78 is 41.9. The molecule has 2 amide bonds. The highest BCUT2D eigenvalue weighted by molar-refractivity contribution is 7.92. The summed E-state index contributed by atoms with van der Waals surface area (Å²) in [4.78, 5) is 28.0. The van der Waals surface area contributed by atoms with Gasteiger partial charge in [0.2, 0.25) is 11.8 Å². The first-order valence-electron chi connectivity index (χ1n) is 11.9.